The number of nitrogens with two attached hydrogens (primary N) is 1. The monoisotopic (exact) mass is 375 g/mol. The van der Waals surface area contributed by atoms with Crippen molar-refractivity contribution in [1.82, 2.24) is 20.5 Å². The number of pyridine rings is 1. The molecule has 2 aliphatic rings. The molecule has 4 N–H and O–H groups in total. The van der Waals surface area contributed by atoms with Gasteiger partial charge in [-0.05, 0) is 30.7 Å². The smallest absolute Gasteiger partial charge is 0.210 e. The molecule has 0 spiro atoms. The highest BCUT2D eigenvalue weighted by molar-refractivity contribution is 5.74. The highest BCUT2D eigenvalue weighted by Crippen LogP contribution is 2.25. The van der Waals surface area contributed by atoms with Gasteiger partial charge >= 0.3 is 0 Å². The summed E-state index contributed by atoms with van der Waals surface area (Å²) in [7, 11) is 0. The van der Waals surface area contributed by atoms with Crippen molar-refractivity contribution in [3.63, 3.8) is 0 Å². The number of aliphatic imine (C=N–C) groups is 2. The maximum Gasteiger partial charge on any atom is 0.210 e. The molecule has 0 amide bonds. The van der Waals surface area contributed by atoms with Gasteiger partial charge in [0.25, 0.3) is 0 Å². The Morgan fingerprint density at radius 2 is 2.18 bits per heavy atom. The van der Waals surface area contributed by atoms with E-state index in [4.69, 9.17) is 5.73 Å². The fourth-order valence-electron chi connectivity index (χ4n) is 3.30. The van der Waals surface area contributed by atoms with Gasteiger partial charge in [0.1, 0.15) is 5.82 Å². The summed E-state index contributed by atoms with van der Waals surface area (Å²) in [5, 5.41) is 6.74. The van der Waals surface area contributed by atoms with Crippen molar-refractivity contribution in [3.05, 3.63) is 66.1 Å². The molecule has 2 aliphatic heterocycles. The predicted octanol–water partition coefficient (Wildman–Crippen LogP) is 1.66. The van der Waals surface area contributed by atoms with Crippen molar-refractivity contribution in [2.45, 2.75) is 12.2 Å². The van der Waals surface area contributed by atoms with Crippen molar-refractivity contribution in [2.24, 2.45) is 15.7 Å². The molecular formula is C21H25N7. The Hall–Kier alpha value is -3.03. The molecule has 4 rings (SSSR count). The van der Waals surface area contributed by atoms with Gasteiger partial charge in [-0.3, -0.25) is 20.6 Å². The minimum atomic E-state index is -1.01. The number of nitrogens with zero attached hydrogens (tertiary/aromatic N) is 4. The van der Waals surface area contributed by atoms with Crippen LogP contribution in [-0.4, -0.2) is 48.6 Å². The molecular weight excluding hydrogens is 350 g/mol. The SMILES string of the molecule is NC1(c2cccc(-c3ccccn3)c2)N=CC=C(NCCCN2CC=NC2)N1. The normalized spacial score (nSPS) is 21.4. The molecule has 0 saturated carbocycles. The van der Waals surface area contributed by atoms with Crippen LogP contribution in [0.5, 0.6) is 0 Å². The quantitative estimate of drug-likeness (QED) is 0.640. The van der Waals surface area contributed by atoms with Crippen molar-refractivity contribution >= 4 is 12.4 Å². The molecule has 1 aromatic carbocycles. The van der Waals surface area contributed by atoms with E-state index >= 15 is 0 Å². The Morgan fingerprint density at radius 3 is 3.00 bits per heavy atom. The van der Waals surface area contributed by atoms with E-state index in [9.17, 15) is 0 Å². The van der Waals surface area contributed by atoms with E-state index in [2.05, 4.69) is 30.5 Å². The number of nitrogens with one attached hydrogen (secondary N) is 2. The molecule has 2 aromatic rings. The zero-order chi connectivity index (χ0) is 19.2. The second kappa shape index (κ2) is 8.33. The Kier molecular flexibility index (Phi) is 5.45. The van der Waals surface area contributed by atoms with E-state index in [1.807, 2.05) is 54.8 Å². The minimum Gasteiger partial charge on any atom is -0.372 e. The average molecular weight is 375 g/mol. The predicted molar refractivity (Wildman–Crippen MR) is 113 cm³/mol. The molecule has 1 aromatic heterocycles. The summed E-state index contributed by atoms with van der Waals surface area (Å²) in [4.78, 5) is 15.4. The Labute approximate surface area is 165 Å². The van der Waals surface area contributed by atoms with Crippen LogP contribution in [0.15, 0.2) is 70.5 Å². The lowest BCUT2D eigenvalue weighted by Gasteiger charge is -2.32. The van der Waals surface area contributed by atoms with E-state index in [1.54, 1.807) is 12.4 Å². The first-order chi connectivity index (χ1) is 13.7. The molecule has 0 saturated heterocycles. The second-order valence-corrected chi connectivity index (χ2v) is 6.91. The summed E-state index contributed by atoms with van der Waals surface area (Å²) in [6.07, 6.45) is 8.45. The van der Waals surface area contributed by atoms with Gasteiger partial charge in [-0.2, -0.15) is 0 Å². The maximum atomic E-state index is 6.59. The highest BCUT2D eigenvalue weighted by atomic mass is 15.3. The van der Waals surface area contributed by atoms with Crippen LogP contribution in [0.1, 0.15) is 12.0 Å². The summed E-state index contributed by atoms with van der Waals surface area (Å²) >= 11 is 0. The molecule has 1 atom stereocenters. The van der Waals surface area contributed by atoms with Gasteiger partial charge in [-0.1, -0.05) is 24.3 Å². The second-order valence-electron chi connectivity index (χ2n) is 6.91. The number of hydrogen-bond donors (Lipinski definition) is 3. The fraction of sp³-hybridized carbons (Fsp3) is 0.286. The largest absolute Gasteiger partial charge is 0.372 e. The third-order valence-electron chi connectivity index (χ3n) is 4.83. The van der Waals surface area contributed by atoms with Gasteiger partial charge < -0.3 is 10.6 Å². The first-order valence-electron chi connectivity index (χ1n) is 9.52. The molecule has 1 unspecified atom stereocenters. The summed E-state index contributed by atoms with van der Waals surface area (Å²) in [6.45, 7) is 3.64. The first kappa shape index (κ1) is 18.3. The maximum absolute atomic E-state index is 6.59. The third-order valence-corrected chi connectivity index (χ3v) is 4.83. The highest BCUT2D eigenvalue weighted by Gasteiger charge is 2.28. The van der Waals surface area contributed by atoms with Crippen molar-refractivity contribution in [3.8, 4) is 11.3 Å². The van der Waals surface area contributed by atoms with Gasteiger partial charge in [0, 0.05) is 49.4 Å². The molecule has 3 heterocycles. The van der Waals surface area contributed by atoms with Crippen molar-refractivity contribution in [2.75, 3.05) is 26.3 Å². The minimum absolute atomic E-state index is 0.812. The number of benzene rings is 1. The van der Waals surface area contributed by atoms with Crippen molar-refractivity contribution in [1.29, 1.82) is 0 Å². The van der Waals surface area contributed by atoms with Crippen molar-refractivity contribution < 1.29 is 0 Å². The van der Waals surface area contributed by atoms with Gasteiger partial charge in [0.05, 0.1) is 12.4 Å². The van der Waals surface area contributed by atoms with Crippen LogP contribution in [0.25, 0.3) is 11.3 Å². The summed E-state index contributed by atoms with van der Waals surface area (Å²) < 4.78 is 0. The van der Waals surface area contributed by atoms with E-state index in [0.717, 1.165) is 55.4 Å². The number of hydrogen-bond acceptors (Lipinski definition) is 7. The van der Waals surface area contributed by atoms with E-state index in [-0.39, 0.29) is 0 Å². The Balaban J connectivity index is 1.38. The van der Waals surface area contributed by atoms with Crippen LogP contribution < -0.4 is 16.4 Å². The molecule has 0 radical (unpaired) electrons. The van der Waals surface area contributed by atoms with Crippen LogP contribution in [0, 0.1) is 0 Å². The fourth-order valence-corrected chi connectivity index (χ4v) is 3.30. The summed E-state index contributed by atoms with van der Waals surface area (Å²) in [5.41, 5.74) is 9.39. The average Bonchev–Trinajstić information content (AvgIpc) is 3.26. The third kappa shape index (κ3) is 4.27. The molecule has 0 aliphatic carbocycles. The first-order valence-corrected chi connectivity index (χ1v) is 9.52. The van der Waals surface area contributed by atoms with Crippen LogP contribution >= 0.6 is 0 Å². The van der Waals surface area contributed by atoms with Crippen LogP contribution in [0.4, 0.5) is 0 Å². The summed E-state index contributed by atoms with van der Waals surface area (Å²) in [5.74, 6) is -0.136. The van der Waals surface area contributed by atoms with E-state index in [0.29, 0.717) is 0 Å². The van der Waals surface area contributed by atoms with Crippen LogP contribution in [-0.2, 0) is 5.79 Å². The zero-order valence-corrected chi connectivity index (χ0v) is 15.8. The van der Waals surface area contributed by atoms with E-state index < -0.39 is 5.79 Å². The topological polar surface area (TPSA) is 90.9 Å². The Bertz CT molecular complexity index is 883. The molecule has 0 bridgehead atoms. The number of rotatable bonds is 7. The summed E-state index contributed by atoms with van der Waals surface area (Å²) in [6, 6.07) is 13.9. The lowest BCUT2D eigenvalue weighted by Crippen LogP contribution is -2.52. The van der Waals surface area contributed by atoms with E-state index in [1.165, 1.54) is 0 Å². The molecule has 7 heteroatoms. The number of allylic oxidation sites excluding steroid dienone is 1. The molecule has 0 fully saturated rings. The lowest BCUT2D eigenvalue weighted by atomic mass is 10.0. The zero-order valence-electron chi connectivity index (χ0n) is 15.8. The van der Waals surface area contributed by atoms with Gasteiger partial charge in [-0.15, -0.1) is 0 Å². The molecule has 144 valence electrons. The van der Waals surface area contributed by atoms with Gasteiger partial charge in [0.2, 0.25) is 5.79 Å². The Morgan fingerprint density at radius 1 is 1.21 bits per heavy atom. The standard InChI is InChI=1S/C21H25N7/c22-21(18-6-3-5-17(15-18)19-7-1-2-9-24-19)26-11-8-20(27-21)25-10-4-13-28-14-12-23-16-28/h1-3,5-9,11-12,15,25,27H,4,10,13-14,16,22H2. The molecule has 7 nitrogen and oxygen atoms in total. The van der Waals surface area contributed by atoms with Crippen LogP contribution in [0.2, 0.25) is 0 Å². The van der Waals surface area contributed by atoms with Gasteiger partial charge in [0.15, 0.2) is 0 Å². The lowest BCUT2D eigenvalue weighted by molar-refractivity contribution is 0.332. The molecule has 28 heavy (non-hydrogen) atoms. The van der Waals surface area contributed by atoms with Gasteiger partial charge in [-0.25, -0.2) is 4.99 Å². The number of aromatic nitrogens is 1. The van der Waals surface area contributed by atoms with Crippen LogP contribution in [0.3, 0.4) is 0 Å².